The molecule has 0 heterocycles. The number of halogens is 2. The first-order valence-electron chi connectivity index (χ1n) is 8.76. The molecule has 1 N–H and O–H groups in total. The molecule has 0 radical (unpaired) electrons. The van der Waals surface area contributed by atoms with Crippen molar-refractivity contribution < 1.29 is 14.3 Å². The zero-order valence-corrected chi connectivity index (χ0v) is 17.6. The van der Waals surface area contributed by atoms with Gasteiger partial charge in [0.2, 0.25) is 0 Å². The van der Waals surface area contributed by atoms with E-state index in [9.17, 15) is 4.79 Å². The molecule has 0 saturated carbocycles. The van der Waals surface area contributed by atoms with Crippen molar-refractivity contribution in [3.05, 3.63) is 87.4 Å². The van der Waals surface area contributed by atoms with Gasteiger partial charge in [0.15, 0.2) is 0 Å². The summed E-state index contributed by atoms with van der Waals surface area (Å²) >= 11 is 9.31. The van der Waals surface area contributed by atoms with Crippen molar-refractivity contribution >= 4 is 39.1 Å². The first-order valence-corrected chi connectivity index (χ1v) is 9.93. The van der Waals surface area contributed by atoms with Crippen molar-refractivity contribution in [2.75, 3.05) is 11.9 Å². The van der Waals surface area contributed by atoms with Gasteiger partial charge in [0.1, 0.15) is 18.1 Å². The van der Waals surface area contributed by atoms with Gasteiger partial charge in [0.05, 0.1) is 6.61 Å². The van der Waals surface area contributed by atoms with E-state index < -0.39 is 0 Å². The maximum Gasteiger partial charge on any atom is 0.255 e. The molecular formula is C22H19BrClNO3. The van der Waals surface area contributed by atoms with Crippen molar-refractivity contribution in [3.8, 4) is 11.5 Å². The van der Waals surface area contributed by atoms with E-state index >= 15 is 0 Å². The minimum Gasteiger partial charge on any atom is -0.493 e. The lowest BCUT2D eigenvalue weighted by molar-refractivity contribution is 0.102. The predicted molar refractivity (Wildman–Crippen MR) is 115 cm³/mol. The summed E-state index contributed by atoms with van der Waals surface area (Å²) in [6, 6.07) is 19.9. The molecule has 0 aliphatic rings. The Morgan fingerprint density at radius 3 is 2.54 bits per heavy atom. The van der Waals surface area contributed by atoms with Crippen molar-refractivity contribution in [2.24, 2.45) is 0 Å². The molecule has 6 heteroatoms. The molecule has 0 aliphatic heterocycles. The van der Waals surface area contributed by atoms with Gasteiger partial charge in [-0.05, 0) is 67.6 Å². The molecule has 1 amide bonds. The highest BCUT2D eigenvalue weighted by Crippen LogP contribution is 2.24. The largest absolute Gasteiger partial charge is 0.493 e. The fourth-order valence-corrected chi connectivity index (χ4v) is 3.12. The van der Waals surface area contributed by atoms with Crippen LogP contribution in [0.1, 0.15) is 22.8 Å². The van der Waals surface area contributed by atoms with Gasteiger partial charge in [0, 0.05) is 26.3 Å². The van der Waals surface area contributed by atoms with E-state index in [0.717, 1.165) is 10.0 Å². The second-order valence-corrected chi connectivity index (χ2v) is 7.31. The Balaban J connectivity index is 1.77. The van der Waals surface area contributed by atoms with E-state index in [0.29, 0.717) is 34.4 Å². The predicted octanol–water partition coefficient (Wildman–Crippen LogP) is 6.33. The molecule has 28 heavy (non-hydrogen) atoms. The molecular weight excluding hydrogens is 442 g/mol. The van der Waals surface area contributed by atoms with Crippen LogP contribution in [0.3, 0.4) is 0 Å². The van der Waals surface area contributed by atoms with Crippen LogP contribution in [0.5, 0.6) is 11.5 Å². The molecule has 0 bridgehead atoms. The topological polar surface area (TPSA) is 47.6 Å². The van der Waals surface area contributed by atoms with Gasteiger partial charge in [-0.2, -0.15) is 0 Å². The molecule has 0 spiro atoms. The number of hydrogen-bond acceptors (Lipinski definition) is 3. The van der Waals surface area contributed by atoms with Crippen molar-refractivity contribution in [1.82, 2.24) is 0 Å². The molecule has 3 aromatic rings. The Hall–Kier alpha value is -2.50. The van der Waals surface area contributed by atoms with Gasteiger partial charge in [-0.3, -0.25) is 4.79 Å². The smallest absolute Gasteiger partial charge is 0.255 e. The molecule has 144 valence electrons. The zero-order valence-electron chi connectivity index (χ0n) is 15.2. The van der Waals surface area contributed by atoms with E-state index in [1.807, 2.05) is 31.2 Å². The van der Waals surface area contributed by atoms with Gasteiger partial charge < -0.3 is 14.8 Å². The molecule has 0 unspecified atom stereocenters. The molecule has 3 aromatic carbocycles. The molecule has 0 aromatic heterocycles. The number of ether oxygens (including phenoxy) is 2. The standard InChI is InChI=1S/C22H19BrClNO3/c1-2-27-21-11-6-15(22(26)25-19-5-3-4-17(23)13-19)12-16(21)14-28-20-9-7-18(24)8-10-20/h3-13H,2,14H2,1H3,(H,25,26). The zero-order chi connectivity index (χ0) is 19.9. The fraction of sp³-hybridized carbons (Fsp3) is 0.136. The highest BCUT2D eigenvalue weighted by atomic mass is 79.9. The number of rotatable bonds is 7. The molecule has 0 fully saturated rings. The lowest BCUT2D eigenvalue weighted by Crippen LogP contribution is -2.13. The van der Waals surface area contributed by atoms with Crippen molar-refractivity contribution in [3.63, 3.8) is 0 Å². The molecule has 0 saturated heterocycles. The summed E-state index contributed by atoms with van der Waals surface area (Å²) in [5.41, 5.74) is 2.03. The second-order valence-electron chi connectivity index (χ2n) is 5.96. The number of carbonyl (C=O) groups is 1. The first-order chi connectivity index (χ1) is 13.5. The Morgan fingerprint density at radius 2 is 1.82 bits per heavy atom. The van der Waals surface area contributed by atoms with Crippen LogP contribution in [0.2, 0.25) is 5.02 Å². The maximum absolute atomic E-state index is 12.6. The minimum absolute atomic E-state index is 0.200. The molecule has 0 aliphatic carbocycles. The van der Waals surface area contributed by atoms with E-state index in [1.54, 1.807) is 42.5 Å². The fourth-order valence-electron chi connectivity index (χ4n) is 2.59. The molecule has 4 nitrogen and oxygen atoms in total. The van der Waals surface area contributed by atoms with Crippen LogP contribution in [0.25, 0.3) is 0 Å². The van der Waals surface area contributed by atoms with Crippen LogP contribution in [-0.4, -0.2) is 12.5 Å². The van der Waals surface area contributed by atoms with E-state index in [-0.39, 0.29) is 12.5 Å². The molecule has 0 atom stereocenters. The third kappa shape index (κ3) is 5.50. The number of nitrogens with one attached hydrogen (secondary N) is 1. The lowest BCUT2D eigenvalue weighted by Gasteiger charge is -2.13. The van der Waals surface area contributed by atoms with Crippen LogP contribution < -0.4 is 14.8 Å². The summed E-state index contributed by atoms with van der Waals surface area (Å²) in [5.74, 6) is 1.18. The van der Waals surface area contributed by atoms with Gasteiger partial charge in [0.25, 0.3) is 5.91 Å². The van der Waals surface area contributed by atoms with Crippen LogP contribution in [-0.2, 0) is 6.61 Å². The number of benzene rings is 3. The lowest BCUT2D eigenvalue weighted by atomic mass is 10.1. The quantitative estimate of drug-likeness (QED) is 0.448. The average molecular weight is 461 g/mol. The summed E-state index contributed by atoms with van der Waals surface area (Å²) in [4.78, 5) is 12.6. The average Bonchev–Trinajstić information content (AvgIpc) is 2.68. The van der Waals surface area contributed by atoms with Crippen molar-refractivity contribution in [1.29, 1.82) is 0 Å². The van der Waals surface area contributed by atoms with Crippen LogP contribution in [0.15, 0.2) is 71.2 Å². The Bertz CT molecular complexity index is 960. The Morgan fingerprint density at radius 1 is 1.04 bits per heavy atom. The highest BCUT2D eigenvalue weighted by Gasteiger charge is 2.12. The SMILES string of the molecule is CCOc1ccc(C(=O)Nc2cccc(Br)c2)cc1COc1ccc(Cl)cc1. The third-order valence-corrected chi connectivity index (χ3v) is 4.66. The Labute approximate surface area is 177 Å². The van der Waals surface area contributed by atoms with Gasteiger partial charge in [-0.1, -0.05) is 33.6 Å². The van der Waals surface area contributed by atoms with Crippen molar-refractivity contribution in [2.45, 2.75) is 13.5 Å². The maximum atomic E-state index is 12.6. The van der Waals surface area contributed by atoms with Gasteiger partial charge in [-0.15, -0.1) is 0 Å². The number of amides is 1. The van der Waals surface area contributed by atoms with E-state index in [1.165, 1.54) is 0 Å². The first kappa shape index (κ1) is 20.2. The number of anilines is 1. The normalized spacial score (nSPS) is 10.4. The summed E-state index contributed by atoms with van der Waals surface area (Å²) in [6.45, 7) is 2.71. The second kappa shape index (κ2) is 9.62. The van der Waals surface area contributed by atoms with Gasteiger partial charge >= 0.3 is 0 Å². The minimum atomic E-state index is -0.200. The monoisotopic (exact) mass is 459 g/mol. The van der Waals surface area contributed by atoms with E-state index in [2.05, 4.69) is 21.2 Å². The van der Waals surface area contributed by atoms with Crippen LogP contribution >= 0.6 is 27.5 Å². The summed E-state index contributed by atoms with van der Waals surface area (Å²) in [5, 5.41) is 3.54. The van der Waals surface area contributed by atoms with Gasteiger partial charge in [-0.25, -0.2) is 0 Å². The Kier molecular flexibility index (Phi) is 6.95. The number of carbonyl (C=O) groups excluding carboxylic acids is 1. The highest BCUT2D eigenvalue weighted by molar-refractivity contribution is 9.10. The molecule has 3 rings (SSSR count). The van der Waals surface area contributed by atoms with E-state index in [4.69, 9.17) is 21.1 Å². The van der Waals surface area contributed by atoms with Crippen LogP contribution in [0.4, 0.5) is 5.69 Å². The summed E-state index contributed by atoms with van der Waals surface area (Å²) < 4.78 is 12.4. The summed E-state index contributed by atoms with van der Waals surface area (Å²) in [6.07, 6.45) is 0. The summed E-state index contributed by atoms with van der Waals surface area (Å²) in [7, 11) is 0. The third-order valence-electron chi connectivity index (χ3n) is 3.91. The van der Waals surface area contributed by atoms with Crippen LogP contribution in [0, 0.1) is 0 Å². The number of hydrogen-bond donors (Lipinski definition) is 1.